The lowest BCUT2D eigenvalue weighted by molar-refractivity contribution is 0.530. The van der Waals surface area contributed by atoms with E-state index in [1.54, 1.807) is 0 Å². The average Bonchev–Trinajstić information content (AvgIpc) is 2.77. The molecule has 102 valence electrons. The Morgan fingerprint density at radius 1 is 1.32 bits per heavy atom. The van der Waals surface area contributed by atoms with Crippen molar-refractivity contribution in [3.63, 3.8) is 0 Å². The summed E-state index contributed by atoms with van der Waals surface area (Å²) in [7, 11) is 0. The van der Waals surface area contributed by atoms with Crippen molar-refractivity contribution in [2.45, 2.75) is 39.9 Å². The third kappa shape index (κ3) is 3.41. The van der Waals surface area contributed by atoms with E-state index in [0.717, 1.165) is 24.3 Å². The van der Waals surface area contributed by atoms with Crippen LogP contribution in [-0.4, -0.2) is 9.78 Å². The number of benzene rings is 1. The predicted octanol–water partition coefficient (Wildman–Crippen LogP) is 3.20. The number of aryl methyl sites for hydroxylation is 2. The lowest BCUT2D eigenvalue weighted by atomic mass is 10.1. The molecular weight excluding hydrogens is 241 g/mol. The Morgan fingerprint density at radius 2 is 2.00 bits per heavy atom. The van der Waals surface area contributed by atoms with Gasteiger partial charge >= 0.3 is 0 Å². The highest BCUT2D eigenvalue weighted by Gasteiger charge is 2.08. The maximum Gasteiger partial charge on any atom is 0.123 e. The molecule has 19 heavy (non-hydrogen) atoms. The van der Waals surface area contributed by atoms with Crippen molar-refractivity contribution < 1.29 is 4.39 Å². The molecule has 1 atom stereocenters. The van der Waals surface area contributed by atoms with Crippen LogP contribution >= 0.6 is 0 Å². The fourth-order valence-electron chi connectivity index (χ4n) is 2.14. The number of aromatic nitrogens is 2. The van der Waals surface area contributed by atoms with Gasteiger partial charge in [0.25, 0.3) is 0 Å². The molecule has 0 radical (unpaired) electrons. The molecule has 1 aromatic carbocycles. The summed E-state index contributed by atoms with van der Waals surface area (Å²) in [5.41, 5.74) is 3.29. The topological polar surface area (TPSA) is 29.9 Å². The first-order chi connectivity index (χ1) is 9.10. The largest absolute Gasteiger partial charge is 0.305 e. The van der Waals surface area contributed by atoms with E-state index in [2.05, 4.69) is 30.3 Å². The molecule has 0 spiro atoms. The molecule has 0 aliphatic heterocycles. The Bertz CT molecular complexity index is 531. The van der Waals surface area contributed by atoms with E-state index < -0.39 is 0 Å². The number of hydrogen-bond acceptors (Lipinski definition) is 2. The molecule has 0 saturated heterocycles. The maximum absolute atomic E-state index is 12.9. The molecule has 0 unspecified atom stereocenters. The first kappa shape index (κ1) is 13.7. The van der Waals surface area contributed by atoms with Gasteiger partial charge in [-0.25, -0.2) is 4.39 Å². The van der Waals surface area contributed by atoms with Crippen molar-refractivity contribution in [1.29, 1.82) is 0 Å². The molecule has 2 rings (SSSR count). The summed E-state index contributed by atoms with van der Waals surface area (Å²) in [5.74, 6) is -0.198. The minimum Gasteiger partial charge on any atom is -0.305 e. The second kappa shape index (κ2) is 5.97. The van der Waals surface area contributed by atoms with Crippen LogP contribution in [0.25, 0.3) is 0 Å². The zero-order chi connectivity index (χ0) is 13.8. The minimum atomic E-state index is -0.198. The van der Waals surface area contributed by atoms with E-state index in [-0.39, 0.29) is 11.9 Å². The summed E-state index contributed by atoms with van der Waals surface area (Å²) in [6.45, 7) is 7.79. The van der Waals surface area contributed by atoms with Crippen molar-refractivity contribution in [1.82, 2.24) is 15.1 Å². The molecule has 1 N–H and O–H groups in total. The van der Waals surface area contributed by atoms with Crippen LogP contribution in [0.15, 0.2) is 30.3 Å². The highest BCUT2D eigenvalue weighted by Crippen LogP contribution is 2.14. The number of nitrogens with one attached hydrogen (secondary N) is 1. The smallest absolute Gasteiger partial charge is 0.123 e. The molecular formula is C15H20FN3. The molecule has 0 amide bonds. The number of hydrogen-bond donors (Lipinski definition) is 1. The van der Waals surface area contributed by atoms with Gasteiger partial charge in [0.05, 0.1) is 11.4 Å². The SMILES string of the molecule is CCn1nc(C)cc1CN[C@@H](C)c1ccc(F)cc1. The van der Waals surface area contributed by atoms with Gasteiger partial charge in [0.15, 0.2) is 0 Å². The van der Waals surface area contributed by atoms with Crippen LogP contribution in [-0.2, 0) is 13.1 Å². The number of nitrogens with zero attached hydrogens (tertiary/aromatic N) is 2. The molecule has 1 heterocycles. The molecule has 0 saturated carbocycles. The highest BCUT2D eigenvalue weighted by molar-refractivity contribution is 5.19. The second-order valence-corrected chi connectivity index (χ2v) is 4.75. The van der Waals surface area contributed by atoms with Crippen LogP contribution in [0.2, 0.25) is 0 Å². The van der Waals surface area contributed by atoms with Gasteiger partial charge in [0.2, 0.25) is 0 Å². The van der Waals surface area contributed by atoms with E-state index in [1.807, 2.05) is 23.7 Å². The van der Waals surface area contributed by atoms with E-state index >= 15 is 0 Å². The summed E-state index contributed by atoms with van der Waals surface area (Å²) in [5, 5.41) is 7.86. The van der Waals surface area contributed by atoms with Crippen molar-refractivity contribution in [3.8, 4) is 0 Å². The van der Waals surface area contributed by atoms with E-state index in [0.29, 0.717) is 0 Å². The Balaban J connectivity index is 1.99. The summed E-state index contributed by atoms with van der Waals surface area (Å²) in [6, 6.07) is 8.89. The Morgan fingerprint density at radius 3 is 2.63 bits per heavy atom. The van der Waals surface area contributed by atoms with E-state index in [9.17, 15) is 4.39 Å². The predicted molar refractivity (Wildman–Crippen MR) is 74.3 cm³/mol. The Hall–Kier alpha value is -1.68. The Labute approximate surface area is 113 Å². The van der Waals surface area contributed by atoms with Crippen LogP contribution in [0, 0.1) is 12.7 Å². The summed E-state index contributed by atoms with van der Waals surface area (Å²) >= 11 is 0. The normalized spacial score (nSPS) is 12.6. The third-order valence-electron chi connectivity index (χ3n) is 3.24. The van der Waals surface area contributed by atoms with Crippen LogP contribution in [0.3, 0.4) is 0 Å². The molecule has 1 aromatic heterocycles. The first-order valence-corrected chi connectivity index (χ1v) is 6.62. The second-order valence-electron chi connectivity index (χ2n) is 4.75. The summed E-state index contributed by atoms with van der Waals surface area (Å²) < 4.78 is 14.9. The van der Waals surface area contributed by atoms with Gasteiger partial charge < -0.3 is 5.32 Å². The fraction of sp³-hybridized carbons (Fsp3) is 0.400. The maximum atomic E-state index is 12.9. The molecule has 2 aromatic rings. The first-order valence-electron chi connectivity index (χ1n) is 6.62. The van der Waals surface area contributed by atoms with Crippen LogP contribution in [0.4, 0.5) is 4.39 Å². The van der Waals surface area contributed by atoms with E-state index in [4.69, 9.17) is 0 Å². The van der Waals surface area contributed by atoms with Crippen LogP contribution in [0.5, 0.6) is 0 Å². The average molecular weight is 261 g/mol. The molecule has 0 bridgehead atoms. The van der Waals surface area contributed by atoms with Gasteiger partial charge in [-0.2, -0.15) is 5.10 Å². The van der Waals surface area contributed by atoms with Gasteiger partial charge in [0.1, 0.15) is 5.82 Å². The number of rotatable bonds is 5. The van der Waals surface area contributed by atoms with Crippen LogP contribution in [0.1, 0.15) is 36.8 Å². The van der Waals surface area contributed by atoms with Crippen molar-refractivity contribution in [2.24, 2.45) is 0 Å². The minimum absolute atomic E-state index is 0.182. The van der Waals surface area contributed by atoms with Gasteiger partial charge in [-0.3, -0.25) is 4.68 Å². The van der Waals surface area contributed by atoms with Crippen LogP contribution < -0.4 is 5.32 Å². The molecule has 0 aliphatic carbocycles. The van der Waals surface area contributed by atoms with Gasteiger partial charge in [-0.05, 0) is 44.5 Å². The van der Waals surface area contributed by atoms with E-state index in [1.165, 1.54) is 17.8 Å². The molecule has 4 heteroatoms. The molecule has 0 fully saturated rings. The lowest BCUT2D eigenvalue weighted by Crippen LogP contribution is -2.20. The molecule has 3 nitrogen and oxygen atoms in total. The zero-order valence-corrected chi connectivity index (χ0v) is 11.7. The van der Waals surface area contributed by atoms with Crippen molar-refractivity contribution >= 4 is 0 Å². The molecule has 0 aliphatic rings. The van der Waals surface area contributed by atoms with Gasteiger partial charge in [-0.1, -0.05) is 12.1 Å². The lowest BCUT2D eigenvalue weighted by Gasteiger charge is -2.14. The summed E-state index contributed by atoms with van der Waals surface area (Å²) in [4.78, 5) is 0. The monoisotopic (exact) mass is 261 g/mol. The third-order valence-corrected chi connectivity index (χ3v) is 3.24. The van der Waals surface area contributed by atoms with Crippen molar-refractivity contribution in [2.75, 3.05) is 0 Å². The van der Waals surface area contributed by atoms with Gasteiger partial charge in [0, 0.05) is 19.1 Å². The van der Waals surface area contributed by atoms with Gasteiger partial charge in [-0.15, -0.1) is 0 Å². The zero-order valence-electron chi connectivity index (χ0n) is 11.7. The Kier molecular flexibility index (Phi) is 4.32. The fourth-order valence-corrected chi connectivity index (χ4v) is 2.14. The quantitative estimate of drug-likeness (QED) is 0.895. The standard InChI is InChI=1S/C15H20FN3/c1-4-19-15(9-11(2)18-19)10-17-12(3)13-5-7-14(16)8-6-13/h5-9,12,17H,4,10H2,1-3H3/t12-/m0/s1. The number of halogens is 1. The van der Waals surface area contributed by atoms with Crippen molar-refractivity contribution in [3.05, 3.63) is 53.1 Å². The highest BCUT2D eigenvalue weighted by atomic mass is 19.1. The summed E-state index contributed by atoms with van der Waals surface area (Å²) in [6.07, 6.45) is 0.